The molecule has 1 atom stereocenters. The molecule has 0 spiro atoms. The zero-order chi connectivity index (χ0) is 23.8. The molecular formula is C27H31N3O3S. The van der Waals surface area contributed by atoms with Gasteiger partial charge in [0.05, 0.1) is 24.0 Å². The van der Waals surface area contributed by atoms with Crippen LogP contribution < -0.4 is 10.6 Å². The van der Waals surface area contributed by atoms with E-state index in [1.807, 2.05) is 42.5 Å². The Kier molecular flexibility index (Phi) is 8.44. The highest BCUT2D eigenvalue weighted by atomic mass is 32.1. The maximum absolute atomic E-state index is 12.6. The van der Waals surface area contributed by atoms with Gasteiger partial charge in [-0.1, -0.05) is 85.2 Å². The second kappa shape index (κ2) is 11.9. The average Bonchev–Trinajstić information content (AvgIpc) is 3.32. The first-order chi connectivity index (χ1) is 16.6. The van der Waals surface area contributed by atoms with Gasteiger partial charge in [0.2, 0.25) is 11.8 Å². The number of hydrogen-bond acceptors (Lipinski definition) is 5. The second-order valence-corrected chi connectivity index (χ2v) is 9.73. The lowest BCUT2D eigenvalue weighted by Gasteiger charge is -2.22. The number of aromatic nitrogens is 1. The first-order valence-electron chi connectivity index (χ1n) is 11.9. The Morgan fingerprint density at radius 3 is 2.59 bits per heavy atom. The number of nitrogens with zero attached hydrogens (tertiary/aromatic N) is 1. The van der Waals surface area contributed by atoms with Crippen molar-refractivity contribution < 1.29 is 14.3 Å². The highest BCUT2D eigenvalue weighted by molar-refractivity contribution is 7.19. The number of benzene rings is 2. The van der Waals surface area contributed by atoms with E-state index in [-0.39, 0.29) is 18.2 Å². The highest BCUT2D eigenvalue weighted by Crippen LogP contribution is 2.32. The van der Waals surface area contributed by atoms with E-state index in [4.69, 9.17) is 4.74 Å². The first kappa shape index (κ1) is 24.1. The summed E-state index contributed by atoms with van der Waals surface area (Å²) in [6.45, 7) is 2.25. The third-order valence-electron chi connectivity index (χ3n) is 6.02. The zero-order valence-corrected chi connectivity index (χ0v) is 20.3. The topological polar surface area (TPSA) is 80.3 Å². The molecule has 1 aliphatic rings. The Morgan fingerprint density at radius 1 is 1.06 bits per heavy atom. The molecule has 0 radical (unpaired) electrons. The number of thiazole rings is 1. The minimum Gasteiger partial charge on any atom is -0.374 e. The SMILES string of the molecule is CC(NC(=O)Cc1ccccc1)C(=O)Nc1ncc(-c2ccccc2COC2CCCCC2)s1. The van der Waals surface area contributed by atoms with Crippen molar-refractivity contribution in [3.8, 4) is 10.4 Å². The lowest BCUT2D eigenvalue weighted by Crippen LogP contribution is -2.42. The molecule has 0 bridgehead atoms. The summed E-state index contributed by atoms with van der Waals surface area (Å²) in [6.07, 6.45) is 8.43. The Balaban J connectivity index is 1.33. The number of rotatable bonds is 9. The van der Waals surface area contributed by atoms with Crippen molar-refractivity contribution >= 4 is 28.3 Å². The maximum Gasteiger partial charge on any atom is 0.248 e. The smallest absolute Gasteiger partial charge is 0.248 e. The van der Waals surface area contributed by atoms with Crippen LogP contribution in [0.15, 0.2) is 60.8 Å². The van der Waals surface area contributed by atoms with Crippen molar-refractivity contribution in [1.82, 2.24) is 10.3 Å². The highest BCUT2D eigenvalue weighted by Gasteiger charge is 2.19. The number of carbonyl (C=O) groups excluding carboxylic acids is 2. The molecule has 7 heteroatoms. The zero-order valence-electron chi connectivity index (χ0n) is 19.5. The molecule has 0 saturated heterocycles. The van der Waals surface area contributed by atoms with Crippen LogP contribution in [0.3, 0.4) is 0 Å². The van der Waals surface area contributed by atoms with Gasteiger partial charge < -0.3 is 15.4 Å². The molecular weight excluding hydrogens is 446 g/mol. The van der Waals surface area contributed by atoms with Crippen LogP contribution >= 0.6 is 11.3 Å². The van der Waals surface area contributed by atoms with Gasteiger partial charge in [-0.15, -0.1) is 0 Å². The molecule has 1 saturated carbocycles. The van der Waals surface area contributed by atoms with Gasteiger partial charge >= 0.3 is 0 Å². The minimum absolute atomic E-state index is 0.194. The number of hydrogen-bond donors (Lipinski definition) is 2. The first-order valence-corrected chi connectivity index (χ1v) is 12.7. The second-order valence-electron chi connectivity index (χ2n) is 8.70. The molecule has 1 aliphatic carbocycles. The minimum atomic E-state index is -0.667. The van der Waals surface area contributed by atoms with Crippen molar-refractivity contribution in [2.75, 3.05) is 5.32 Å². The van der Waals surface area contributed by atoms with E-state index in [1.165, 1.54) is 30.6 Å². The van der Waals surface area contributed by atoms with Crippen LogP contribution in [0.25, 0.3) is 10.4 Å². The predicted molar refractivity (Wildman–Crippen MR) is 136 cm³/mol. The molecule has 34 heavy (non-hydrogen) atoms. The van der Waals surface area contributed by atoms with E-state index in [2.05, 4.69) is 27.8 Å². The van der Waals surface area contributed by atoms with Crippen LogP contribution in [0.5, 0.6) is 0 Å². The largest absolute Gasteiger partial charge is 0.374 e. The van der Waals surface area contributed by atoms with Crippen LogP contribution in [-0.2, 0) is 27.4 Å². The third kappa shape index (κ3) is 6.74. The van der Waals surface area contributed by atoms with Gasteiger partial charge in [-0.2, -0.15) is 0 Å². The summed E-state index contributed by atoms with van der Waals surface area (Å²) in [5.74, 6) is -0.489. The van der Waals surface area contributed by atoms with Crippen LogP contribution in [0, 0.1) is 0 Å². The van der Waals surface area contributed by atoms with Gasteiger partial charge in [0.25, 0.3) is 0 Å². The summed E-state index contributed by atoms with van der Waals surface area (Å²) in [4.78, 5) is 30.2. The van der Waals surface area contributed by atoms with Gasteiger partial charge in [-0.3, -0.25) is 9.59 Å². The van der Waals surface area contributed by atoms with Crippen LogP contribution in [0.4, 0.5) is 5.13 Å². The van der Waals surface area contributed by atoms with Crippen LogP contribution in [-0.4, -0.2) is 28.9 Å². The Hall–Kier alpha value is -3.03. The summed E-state index contributed by atoms with van der Waals surface area (Å²) in [6, 6.07) is 17.0. The van der Waals surface area contributed by atoms with E-state index < -0.39 is 6.04 Å². The molecule has 1 fully saturated rings. The summed E-state index contributed by atoms with van der Waals surface area (Å²) >= 11 is 1.42. The van der Waals surface area contributed by atoms with Gasteiger partial charge in [0, 0.05) is 6.20 Å². The molecule has 1 unspecified atom stereocenters. The summed E-state index contributed by atoms with van der Waals surface area (Å²) < 4.78 is 6.19. The normalized spacial score (nSPS) is 15.0. The Morgan fingerprint density at radius 2 is 1.79 bits per heavy atom. The van der Waals surface area contributed by atoms with Crippen molar-refractivity contribution in [2.45, 2.75) is 64.2 Å². The van der Waals surface area contributed by atoms with Crippen molar-refractivity contribution in [1.29, 1.82) is 0 Å². The quantitative estimate of drug-likeness (QED) is 0.436. The third-order valence-corrected chi connectivity index (χ3v) is 6.97. The molecule has 2 aromatic carbocycles. The Bertz CT molecular complexity index is 1090. The number of carbonyl (C=O) groups is 2. The standard InChI is InChI=1S/C27H31N3O3S/c1-19(29-25(31)16-20-10-4-2-5-11-20)26(32)30-27-28-17-24(34-27)23-15-9-8-12-21(23)18-33-22-13-6-3-7-14-22/h2,4-5,8-12,15,17,19,22H,3,6-7,13-14,16,18H2,1H3,(H,29,31)(H,28,30,32). The summed E-state index contributed by atoms with van der Waals surface area (Å²) in [5.41, 5.74) is 3.10. The van der Waals surface area contributed by atoms with Crippen LogP contribution in [0.1, 0.15) is 50.2 Å². The van der Waals surface area contributed by atoms with E-state index in [9.17, 15) is 9.59 Å². The van der Waals surface area contributed by atoms with E-state index >= 15 is 0 Å². The lowest BCUT2D eigenvalue weighted by atomic mass is 9.97. The molecule has 6 nitrogen and oxygen atoms in total. The van der Waals surface area contributed by atoms with Gasteiger partial charge in [-0.05, 0) is 36.5 Å². The fourth-order valence-corrected chi connectivity index (χ4v) is 5.02. The van der Waals surface area contributed by atoms with Crippen molar-refractivity contribution in [2.24, 2.45) is 0 Å². The number of amides is 2. The van der Waals surface area contributed by atoms with Gasteiger partial charge in [0.1, 0.15) is 6.04 Å². The lowest BCUT2D eigenvalue weighted by molar-refractivity contribution is -0.125. The van der Waals surface area contributed by atoms with Crippen LogP contribution in [0.2, 0.25) is 0 Å². The molecule has 1 heterocycles. The molecule has 4 rings (SSSR count). The molecule has 3 aromatic rings. The maximum atomic E-state index is 12.6. The van der Waals surface area contributed by atoms with Gasteiger partial charge in [-0.25, -0.2) is 4.98 Å². The summed E-state index contributed by atoms with van der Waals surface area (Å²) in [5, 5.41) is 6.09. The summed E-state index contributed by atoms with van der Waals surface area (Å²) in [7, 11) is 0. The number of nitrogens with one attached hydrogen (secondary N) is 2. The van der Waals surface area contributed by atoms with Crippen molar-refractivity contribution in [3.05, 3.63) is 71.9 Å². The fourth-order valence-electron chi connectivity index (χ4n) is 4.14. The molecule has 1 aromatic heterocycles. The molecule has 2 N–H and O–H groups in total. The van der Waals surface area contributed by atoms with E-state index in [0.29, 0.717) is 17.8 Å². The molecule has 0 aliphatic heterocycles. The van der Waals surface area contributed by atoms with E-state index in [0.717, 1.165) is 34.4 Å². The predicted octanol–water partition coefficient (Wildman–Crippen LogP) is 5.35. The fraction of sp³-hybridized carbons (Fsp3) is 0.370. The molecule has 178 valence electrons. The van der Waals surface area contributed by atoms with Gasteiger partial charge in [0.15, 0.2) is 5.13 Å². The average molecular weight is 478 g/mol. The Labute approximate surface area is 204 Å². The number of anilines is 1. The van der Waals surface area contributed by atoms with Crippen molar-refractivity contribution in [3.63, 3.8) is 0 Å². The monoisotopic (exact) mass is 477 g/mol. The number of ether oxygens (including phenoxy) is 1. The molecule has 2 amide bonds. The van der Waals surface area contributed by atoms with E-state index in [1.54, 1.807) is 13.1 Å².